The van der Waals surface area contributed by atoms with E-state index in [1.807, 2.05) is 24.1 Å². The van der Waals surface area contributed by atoms with Crippen molar-refractivity contribution in [3.05, 3.63) is 22.4 Å². The maximum absolute atomic E-state index is 12.1. The molecule has 0 radical (unpaired) electrons. The van der Waals surface area contributed by atoms with Gasteiger partial charge in [0.2, 0.25) is 5.91 Å². The highest BCUT2D eigenvalue weighted by atomic mass is 32.1. The Labute approximate surface area is 122 Å². The maximum atomic E-state index is 12.1. The number of thiophene rings is 1. The summed E-state index contributed by atoms with van der Waals surface area (Å²) in [6, 6.07) is 1.77. The second-order valence-corrected chi connectivity index (χ2v) is 5.85. The second-order valence-electron chi connectivity index (χ2n) is 5.07. The van der Waals surface area contributed by atoms with Crippen molar-refractivity contribution < 1.29 is 14.3 Å². The van der Waals surface area contributed by atoms with Crippen molar-refractivity contribution in [2.24, 2.45) is 0 Å². The lowest BCUT2D eigenvalue weighted by atomic mass is 10.2. The second kappa shape index (κ2) is 6.85. The summed E-state index contributed by atoms with van der Waals surface area (Å²) in [5.41, 5.74) is 0.649. The number of nitrogens with zero attached hydrogens (tertiary/aromatic N) is 1. The molecule has 2 amide bonds. The number of morpholine rings is 1. The SMILES string of the molecule is CC1CN(C(=O)CCNC(=O)c2ccsc2)CC(C)O1. The Morgan fingerprint density at radius 1 is 1.40 bits per heavy atom. The smallest absolute Gasteiger partial charge is 0.252 e. The summed E-state index contributed by atoms with van der Waals surface area (Å²) >= 11 is 1.48. The molecule has 110 valence electrons. The van der Waals surface area contributed by atoms with Gasteiger partial charge >= 0.3 is 0 Å². The Kier molecular flexibility index (Phi) is 5.14. The van der Waals surface area contributed by atoms with Gasteiger partial charge < -0.3 is 15.0 Å². The van der Waals surface area contributed by atoms with E-state index in [1.165, 1.54) is 11.3 Å². The Morgan fingerprint density at radius 3 is 2.70 bits per heavy atom. The molecule has 0 saturated carbocycles. The minimum atomic E-state index is -0.122. The quantitative estimate of drug-likeness (QED) is 0.916. The maximum Gasteiger partial charge on any atom is 0.252 e. The van der Waals surface area contributed by atoms with Crippen LogP contribution in [0.4, 0.5) is 0 Å². The molecule has 0 bridgehead atoms. The molecule has 1 aliphatic heterocycles. The number of amides is 2. The first-order chi connectivity index (χ1) is 9.56. The standard InChI is InChI=1S/C14H20N2O3S/c1-10-7-16(8-11(2)19-10)13(17)3-5-15-14(18)12-4-6-20-9-12/h4,6,9-11H,3,5,7-8H2,1-2H3,(H,15,18). The molecule has 1 aromatic heterocycles. The minimum absolute atomic E-state index is 0.0672. The Morgan fingerprint density at radius 2 is 2.10 bits per heavy atom. The van der Waals surface area contributed by atoms with Crippen molar-refractivity contribution >= 4 is 23.2 Å². The van der Waals surface area contributed by atoms with Gasteiger partial charge in [0, 0.05) is 37.0 Å². The third-order valence-electron chi connectivity index (χ3n) is 3.18. The average Bonchev–Trinajstić information content (AvgIpc) is 2.91. The molecule has 1 fully saturated rings. The van der Waals surface area contributed by atoms with Crippen LogP contribution in [0, 0.1) is 0 Å². The van der Waals surface area contributed by atoms with E-state index in [0.29, 0.717) is 31.6 Å². The molecule has 1 N–H and O–H groups in total. The summed E-state index contributed by atoms with van der Waals surface area (Å²) in [7, 11) is 0. The van der Waals surface area contributed by atoms with Crippen LogP contribution in [0.3, 0.4) is 0 Å². The van der Waals surface area contributed by atoms with E-state index in [-0.39, 0.29) is 24.0 Å². The van der Waals surface area contributed by atoms with Gasteiger partial charge in [-0.3, -0.25) is 9.59 Å². The zero-order valence-electron chi connectivity index (χ0n) is 11.8. The van der Waals surface area contributed by atoms with Crippen LogP contribution in [0.25, 0.3) is 0 Å². The van der Waals surface area contributed by atoms with Gasteiger partial charge in [-0.1, -0.05) is 0 Å². The molecule has 2 rings (SSSR count). The van der Waals surface area contributed by atoms with E-state index >= 15 is 0 Å². The van der Waals surface area contributed by atoms with Gasteiger partial charge in [0.1, 0.15) is 0 Å². The van der Waals surface area contributed by atoms with Gasteiger partial charge in [-0.05, 0) is 25.3 Å². The molecule has 5 nitrogen and oxygen atoms in total. The van der Waals surface area contributed by atoms with E-state index in [2.05, 4.69) is 5.32 Å². The minimum Gasteiger partial charge on any atom is -0.372 e. The van der Waals surface area contributed by atoms with Gasteiger partial charge in [-0.15, -0.1) is 0 Å². The van der Waals surface area contributed by atoms with Crippen LogP contribution in [0.5, 0.6) is 0 Å². The summed E-state index contributed by atoms with van der Waals surface area (Å²) in [4.78, 5) is 25.6. The molecule has 1 aliphatic rings. The highest BCUT2D eigenvalue weighted by Crippen LogP contribution is 2.11. The predicted octanol–water partition coefficient (Wildman–Crippen LogP) is 1.50. The van der Waals surface area contributed by atoms with Crippen LogP contribution in [0.15, 0.2) is 16.8 Å². The Bertz CT molecular complexity index is 451. The summed E-state index contributed by atoms with van der Waals surface area (Å²) in [5, 5.41) is 6.42. The molecule has 0 aliphatic carbocycles. The van der Waals surface area contributed by atoms with E-state index in [9.17, 15) is 9.59 Å². The van der Waals surface area contributed by atoms with E-state index < -0.39 is 0 Å². The number of carbonyl (C=O) groups is 2. The fourth-order valence-electron chi connectivity index (χ4n) is 2.32. The van der Waals surface area contributed by atoms with E-state index in [1.54, 1.807) is 11.4 Å². The zero-order valence-corrected chi connectivity index (χ0v) is 12.6. The lowest BCUT2D eigenvalue weighted by molar-refractivity contribution is -0.143. The first-order valence-electron chi connectivity index (χ1n) is 6.80. The Hall–Kier alpha value is -1.40. The molecular formula is C14H20N2O3S. The van der Waals surface area contributed by atoms with Gasteiger partial charge in [-0.25, -0.2) is 0 Å². The topological polar surface area (TPSA) is 58.6 Å². The number of rotatable bonds is 4. The number of carbonyl (C=O) groups excluding carboxylic acids is 2. The molecule has 1 aromatic rings. The van der Waals surface area contributed by atoms with Crippen LogP contribution in [0.2, 0.25) is 0 Å². The van der Waals surface area contributed by atoms with Crippen LogP contribution >= 0.6 is 11.3 Å². The molecule has 2 unspecified atom stereocenters. The van der Waals surface area contributed by atoms with E-state index in [4.69, 9.17) is 4.74 Å². The van der Waals surface area contributed by atoms with Crippen molar-refractivity contribution in [3.8, 4) is 0 Å². The molecular weight excluding hydrogens is 276 g/mol. The summed E-state index contributed by atoms with van der Waals surface area (Å²) in [6.45, 7) is 5.56. The first-order valence-corrected chi connectivity index (χ1v) is 7.74. The largest absolute Gasteiger partial charge is 0.372 e. The molecule has 20 heavy (non-hydrogen) atoms. The monoisotopic (exact) mass is 296 g/mol. The van der Waals surface area contributed by atoms with Crippen molar-refractivity contribution in [2.75, 3.05) is 19.6 Å². The van der Waals surface area contributed by atoms with Gasteiger partial charge in [0.15, 0.2) is 0 Å². The zero-order chi connectivity index (χ0) is 14.5. The number of hydrogen-bond acceptors (Lipinski definition) is 4. The van der Waals surface area contributed by atoms with Crippen LogP contribution in [0.1, 0.15) is 30.6 Å². The van der Waals surface area contributed by atoms with Gasteiger partial charge in [-0.2, -0.15) is 11.3 Å². The lowest BCUT2D eigenvalue weighted by Crippen LogP contribution is -2.48. The van der Waals surface area contributed by atoms with Crippen molar-refractivity contribution in [1.29, 1.82) is 0 Å². The van der Waals surface area contributed by atoms with Gasteiger partial charge in [0.25, 0.3) is 5.91 Å². The first kappa shape index (κ1) is 15.0. The normalized spacial score (nSPS) is 22.6. The summed E-state index contributed by atoms with van der Waals surface area (Å²) in [5.74, 6) is -0.0552. The third-order valence-corrected chi connectivity index (χ3v) is 3.86. The fraction of sp³-hybridized carbons (Fsp3) is 0.571. The van der Waals surface area contributed by atoms with Crippen molar-refractivity contribution in [2.45, 2.75) is 32.5 Å². The van der Waals surface area contributed by atoms with Crippen LogP contribution in [-0.2, 0) is 9.53 Å². The summed E-state index contributed by atoms with van der Waals surface area (Å²) in [6.07, 6.45) is 0.473. The fourth-order valence-corrected chi connectivity index (χ4v) is 2.95. The van der Waals surface area contributed by atoms with Crippen LogP contribution in [-0.4, -0.2) is 48.6 Å². The highest BCUT2D eigenvalue weighted by molar-refractivity contribution is 7.08. The predicted molar refractivity (Wildman–Crippen MR) is 77.9 cm³/mol. The number of ether oxygens (including phenoxy) is 1. The van der Waals surface area contributed by atoms with E-state index in [0.717, 1.165) is 0 Å². The Balaban J connectivity index is 1.73. The lowest BCUT2D eigenvalue weighted by Gasteiger charge is -2.35. The number of nitrogens with one attached hydrogen (secondary N) is 1. The van der Waals surface area contributed by atoms with Crippen molar-refractivity contribution in [1.82, 2.24) is 10.2 Å². The highest BCUT2D eigenvalue weighted by Gasteiger charge is 2.25. The molecule has 0 aromatic carbocycles. The molecule has 2 atom stereocenters. The summed E-state index contributed by atoms with van der Waals surface area (Å²) < 4.78 is 5.60. The van der Waals surface area contributed by atoms with Crippen molar-refractivity contribution in [3.63, 3.8) is 0 Å². The number of hydrogen-bond donors (Lipinski definition) is 1. The molecule has 0 spiro atoms. The molecule has 1 saturated heterocycles. The molecule has 6 heteroatoms. The molecule has 2 heterocycles. The van der Waals surface area contributed by atoms with Crippen LogP contribution < -0.4 is 5.32 Å². The third kappa shape index (κ3) is 4.05. The van der Waals surface area contributed by atoms with Gasteiger partial charge in [0.05, 0.1) is 12.2 Å². The average molecular weight is 296 g/mol.